The molecule has 5 heteroatoms. The first kappa shape index (κ1) is 10.6. The maximum Gasteiger partial charge on any atom is 0.128 e. The lowest BCUT2D eigenvalue weighted by Crippen LogP contribution is -2.43. The fraction of sp³-hybridized carbons (Fsp3) is 0.455. The van der Waals surface area contributed by atoms with E-state index in [0.29, 0.717) is 5.56 Å². The molecule has 0 spiro atoms. The van der Waals surface area contributed by atoms with E-state index in [0.717, 1.165) is 10.9 Å². The lowest BCUT2D eigenvalue weighted by atomic mass is 9.87. The fourth-order valence-electron chi connectivity index (χ4n) is 2.37. The summed E-state index contributed by atoms with van der Waals surface area (Å²) in [4.78, 5) is 5.21. The van der Waals surface area contributed by atoms with E-state index < -0.39 is 18.0 Å². The maximum atomic E-state index is 13.8. The number of benzene rings is 1. The third-order valence-electron chi connectivity index (χ3n) is 3.38. The molecule has 2 unspecified atom stereocenters. The van der Waals surface area contributed by atoms with E-state index in [-0.39, 0.29) is 12.0 Å². The Labute approximate surface area is 100 Å². The summed E-state index contributed by atoms with van der Waals surface area (Å²) in [5.74, 6) is -0.356. The molecular formula is C11H10BrF2NO. The molecule has 2 aliphatic rings. The highest BCUT2D eigenvalue weighted by Gasteiger charge is 2.61. The molecule has 2 nitrogen and oxygen atoms in total. The quantitative estimate of drug-likeness (QED) is 0.904. The van der Waals surface area contributed by atoms with Gasteiger partial charge in [-0.05, 0) is 24.6 Å². The van der Waals surface area contributed by atoms with Crippen molar-refractivity contribution in [1.29, 1.82) is 0 Å². The number of rotatable bonds is 2. The summed E-state index contributed by atoms with van der Waals surface area (Å²) >= 11 is 3.27. The highest BCUT2D eigenvalue weighted by molar-refractivity contribution is 9.10. The summed E-state index contributed by atoms with van der Waals surface area (Å²) in [7, 11) is 0. The van der Waals surface area contributed by atoms with Crippen molar-refractivity contribution >= 4 is 15.9 Å². The van der Waals surface area contributed by atoms with Crippen LogP contribution in [0.2, 0.25) is 0 Å². The van der Waals surface area contributed by atoms with Gasteiger partial charge in [-0.25, -0.2) is 8.78 Å². The molecule has 3 rings (SSSR count). The first-order chi connectivity index (χ1) is 7.67. The monoisotopic (exact) mass is 289 g/mol. The molecule has 0 radical (unpaired) electrons. The van der Waals surface area contributed by atoms with Gasteiger partial charge < -0.3 is 0 Å². The van der Waals surface area contributed by atoms with Crippen molar-refractivity contribution in [2.75, 3.05) is 6.67 Å². The Kier molecular flexibility index (Phi) is 2.31. The average Bonchev–Trinajstić information content (AvgIpc) is 2.98. The molecule has 0 amide bonds. The maximum absolute atomic E-state index is 13.8. The minimum atomic E-state index is -1.00. The zero-order valence-electron chi connectivity index (χ0n) is 8.34. The highest BCUT2D eigenvalue weighted by atomic mass is 79.9. The predicted octanol–water partition coefficient (Wildman–Crippen LogP) is 2.68. The van der Waals surface area contributed by atoms with Crippen LogP contribution in [0.3, 0.4) is 0 Å². The minimum Gasteiger partial charge on any atom is -0.297 e. The van der Waals surface area contributed by atoms with E-state index in [1.54, 1.807) is 12.1 Å². The van der Waals surface area contributed by atoms with E-state index in [4.69, 9.17) is 4.84 Å². The Morgan fingerprint density at radius 3 is 2.94 bits per heavy atom. The molecule has 3 atom stereocenters. The van der Waals surface area contributed by atoms with Gasteiger partial charge >= 0.3 is 0 Å². The molecule has 86 valence electrons. The lowest BCUT2D eigenvalue weighted by Gasteiger charge is -2.28. The van der Waals surface area contributed by atoms with E-state index in [1.165, 1.54) is 6.07 Å². The van der Waals surface area contributed by atoms with Gasteiger partial charge in [-0.2, -0.15) is 5.48 Å². The van der Waals surface area contributed by atoms with Crippen LogP contribution in [0.1, 0.15) is 12.0 Å². The number of alkyl halides is 1. The number of hydrogen-bond donors (Lipinski definition) is 1. The van der Waals surface area contributed by atoms with E-state index >= 15 is 0 Å². The summed E-state index contributed by atoms with van der Waals surface area (Å²) in [6, 6.07) is 4.56. The molecule has 1 saturated heterocycles. The minimum absolute atomic E-state index is 0.0362. The second kappa shape index (κ2) is 3.48. The predicted molar refractivity (Wildman–Crippen MR) is 57.9 cm³/mol. The standard InChI is InChI=1S/C11H10BrF2NO/c12-6-1-2-9(14)7(3-6)11(5-13)8-4-10(8)16-15-11/h1-3,8,10,15H,4-5H2/t8?,10?,11-/m1/s1. The molecule has 1 aromatic carbocycles. The summed E-state index contributed by atoms with van der Waals surface area (Å²) in [5.41, 5.74) is 2.01. The van der Waals surface area contributed by atoms with Crippen LogP contribution >= 0.6 is 15.9 Å². The van der Waals surface area contributed by atoms with Crippen molar-refractivity contribution < 1.29 is 13.6 Å². The summed E-state index contributed by atoms with van der Waals surface area (Å²) in [6.45, 7) is -0.665. The van der Waals surface area contributed by atoms with Crippen molar-refractivity contribution in [3.8, 4) is 0 Å². The Morgan fingerprint density at radius 1 is 1.56 bits per heavy atom. The topological polar surface area (TPSA) is 21.3 Å². The molecule has 1 heterocycles. The van der Waals surface area contributed by atoms with Crippen LogP contribution in [-0.2, 0) is 10.4 Å². The molecular weight excluding hydrogens is 280 g/mol. The number of halogens is 3. The van der Waals surface area contributed by atoms with Crippen LogP contribution in [0.15, 0.2) is 22.7 Å². The SMILES string of the molecule is FC[C@]1(c2cc(Br)ccc2F)NOC2CC21. The molecule has 2 fully saturated rings. The Bertz CT molecular complexity index is 442. The van der Waals surface area contributed by atoms with Gasteiger partial charge in [0.25, 0.3) is 0 Å². The third kappa shape index (κ3) is 1.35. The second-order valence-corrected chi connectivity index (χ2v) is 5.25. The van der Waals surface area contributed by atoms with Gasteiger partial charge in [0, 0.05) is 16.0 Å². The number of hydrogen-bond acceptors (Lipinski definition) is 2. The largest absolute Gasteiger partial charge is 0.297 e. The molecule has 1 aliphatic carbocycles. The van der Waals surface area contributed by atoms with Crippen LogP contribution in [0.5, 0.6) is 0 Å². The summed E-state index contributed by atoms with van der Waals surface area (Å²) < 4.78 is 27.8. The Hall–Kier alpha value is -0.520. The van der Waals surface area contributed by atoms with Crippen LogP contribution in [0.25, 0.3) is 0 Å². The van der Waals surface area contributed by atoms with E-state index in [2.05, 4.69) is 21.4 Å². The van der Waals surface area contributed by atoms with Gasteiger partial charge in [-0.3, -0.25) is 4.84 Å². The van der Waals surface area contributed by atoms with Crippen molar-refractivity contribution in [3.63, 3.8) is 0 Å². The van der Waals surface area contributed by atoms with Gasteiger partial charge in [-0.15, -0.1) is 0 Å². The van der Waals surface area contributed by atoms with E-state index in [9.17, 15) is 8.78 Å². The number of fused-ring (bicyclic) bond motifs is 1. The van der Waals surface area contributed by atoms with Gasteiger partial charge in [0.05, 0.1) is 6.10 Å². The zero-order valence-corrected chi connectivity index (χ0v) is 9.93. The van der Waals surface area contributed by atoms with Crippen molar-refractivity contribution in [2.24, 2.45) is 5.92 Å². The van der Waals surface area contributed by atoms with Crippen molar-refractivity contribution in [2.45, 2.75) is 18.1 Å². The number of hydroxylamine groups is 1. The van der Waals surface area contributed by atoms with Gasteiger partial charge in [-0.1, -0.05) is 15.9 Å². The van der Waals surface area contributed by atoms with Crippen LogP contribution in [0.4, 0.5) is 8.78 Å². The molecule has 16 heavy (non-hydrogen) atoms. The molecule has 0 aromatic heterocycles. The Morgan fingerprint density at radius 2 is 2.38 bits per heavy atom. The average molecular weight is 290 g/mol. The first-order valence-corrected chi connectivity index (χ1v) is 5.91. The zero-order chi connectivity index (χ0) is 11.3. The van der Waals surface area contributed by atoms with Crippen molar-refractivity contribution in [1.82, 2.24) is 5.48 Å². The summed E-state index contributed by atoms with van der Waals surface area (Å²) in [5, 5.41) is 0. The molecule has 1 saturated carbocycles. The summed E-state index contributed by atoms with van der Waals surface area (Å²) in [6.07, 6.45) is 0.831. The highest BCUT2D eigenvalue weighted by Crippen LogP contribution is 2.53. The molecule has 1 aliphatic heterocycles. The van der Waals surface area contributed by atoms with E-state index in [1.807, 2.05) is 0 Å². The molecule has 0 bridgehead atoms. The third-order valence-corrected chi connectivity index (χ3v) is 3.87. The van der Waals surface area contributed by atoms with Crippen molar-refractivity contribution in [3.05, 3.63) is 34.1 Å². The Balaban J connectivity index is 2.09. The van der Waals surface area contributed by atoms with Crippen LogP contribution in [-0.4, -0.2) is 12.8 Å². The van der Waals surface area contributed by atoms with Crippen LogP contribution < -0.4 is 5.48 Å². The second-order valence-electron chi connectivity index (χ2n) is 4.33. The molecule has 1 N–H and O–H groups in total. The van der Waals surface area contributed by atoms with Gasteiger partial charge in [0.2, 0.25) is 0 Å². The first-order valence-electron chi connectivity index (χ1n) is 5.12. The van der Waals surface area contributed by atoms with Gasteiger partial charge in [0.1, 0.15) is 18.0 Å². The lowest BCUT2D eigenvalue weighted by molar-refractivity contribution is 0.00723. The van der Waals surface area contributed by atoms with Gasteiger partial charge in [0.15, 0.2) is 0 Å². The van der Waals surface area contributed by atoms with Crippen LogP contribution in [0, 0.1) is 11.7 Å². The smallest absolute Gasteiger partial charge is 0.128 e. The number of nitrogens with one attached hydrogen (secondary N) is 1. The normalized spacial score (nSPS) is 36.2. The fourth-order valence-corrected chi connectivity index (χ4v) is 2.73. The molecule has 1 aromatic rings.